The van der Waals surface area contributed by atoms with Crippen LogP contribution >= 0.6 is 0 Å². The van der Waals surface area contributed by atoms with Crippen molar-refractivity contribution in [3.63, 3.8) is 0 Å². The quantitative estimate of drug-likeness (QED) is 0.529. The number of aryl methyl sites for hydroxylation is 1. The highest BCUT2D eigenvalue weighted by atomic mass is 16.3. The average molecular weight is 174 g/mol. The maximum absolute atomic E-state index is 11.4. The molecule has 0 aliphatic carbocycles. The van der Waals surface area contributed by atoms with Gasteiger partial charge in [-0.15, -0.1) is 0 Å². The minimum atomic E-state index is -0.463. The van der Waals surface area contributed by atoms with Gasteiger partial charge in [0.2, 0.25) is 11.5 Å². The van der Waals surface area contributed by atoms with Crippen LogP contribution in [0.25, 0.3) is 10.6 Å². The monoisotopic (exact) mass is 174 g/mol. The Morgan fingerprint density at radius 2 is 2.38 bits per heavy atom. The lowest BCUT2D eigenvalue weighted by molar-refractivity contribution is -0.276. The molecule has 2 rings (SSSR count). The second-order valence-corrected chi connectivity index (χ2v) is 2.43. The maximum atomic E-state index is 11.4. The minimum Gasteiger partial charge on any atom is -0.867 e. The first kappa shape index (κ1) is 7.49. The van der Waals surface area contributed by atoms with Crippen molar-refractivity contribution in [2.75, 3.05) is 0 Å². The van der Waals surface area contributed by atoms with Crippen LogP contribution in [0.2, 0.25) is 0 Å². The zero-order valence-corrected chi connectivity index (χ0v) is 6.72. The normalized spacial score (nSPS) is 10.2. The number of rotatable bonds is 0. The molecule has 6 nitrogen and oxygen atoms in total. The predicted molar refractivity (Wildman–Crippen MR) is 41.2 cm³/mol. The zero-order chi connectivity index (χ0) is 9.42. The van der Waals surface area contributed by atoms with E-state index < -0.39 is 5.88 Å². The van der Waals surface area contributed by atoms with Crippen molar-refractivity contribution in [1.29, 1.82) is 0 Å². The molecule has 2 aromatic rings. The van der Waals surface area contributed by atoms with Gasteiger partial charge in [-0.1, -0.05) is 0 Å². The van der Waals surface area contributed by atoms with E-state index in [9.17, 15) is 5.11 Å². The van der Waals surface area contributed by atoms with Gasteiger partial charge in [0.15, 0.2) is 0 Å². The SMILES string of the molecule is [C-]#[N+]c1c(C)nc2ncnn2c1[O-]. The smallest absolute Gasteiger partial charge is 0.249 e. The molecule has 0 atom stereocenters. The molecule has 0 amide bonds. The molecule has 2 aromatic heterocycles. The maximum Gasteiger partial charge on any atom is 0.249 e. The van der Waals surface area contributed by atoms with Crippen LogP contribution in [0.1, 0.15) is 5.69 Å². The summed E-state index contributed by atoms with van der Waals surface area (Å²) in [6, 6.07) is 0. The van der Waals surface area contributed by atoms with Crippen molar-refractivity contribution in [1.82, 2.24) is 19.6 Å². The zero-order valence-electron chi connectivity index (χ0n) is 6.72. The van der Waals surface area contributed by atoms with Crippen molar-refractivity contribution >= 4 is 11.5 Å². The number of fused-ring (bicyclic) bond motifs is 1. The first-order chi connectivity index (χ1) is 6.24. The van der Waals surface area contributed by atoms with Crippen molar-refractivity contribution in [2.45, 2.75) is 6.92 Å². The van der Waals surface area contributed by atoms with E-state index in [0.29, 0.717) is 5.69 Å². The van der Waals surface area contributed by atoms with Crippen LogP contribution in [-0.4, -0.2) is 19.6 Å². The van der Waals surface area contributed by atoms with Gasteiger partial charge in [-0.25, -0.2) is 14.3 Å². The standard InChI is InChI=1S/C7H5N5O/c1-4-5(8-2)6(13)12-7(11-4)9-3-10-12/h3,13H,1H3/p-1. The topological polar surface area (TPSA) is 70.5 Å². The molecular weight excluding hydrogens is 170 g/mol. The van der Waals surface area contributed by atoms with Crippen LogP contribution in [0.4, 0.5) is 5.69 Å². The van der Waals surface area contributed by atoms with Gasteiger partial charge in [-0.05, 0) is 12.8 Å². The summed E-state index contributed by atoms with van der Waals surface area (Å²) in [6.07, 6.45) is 1.23. The van der Waals surface area contributed by atoms with Crippen LogP contribution < -0.4 is 5.11 Å². The van der Waals surface area contributed by atoms with Gasteiger partial charge in [0.05, 0.1) is 6.57 Å². The van der Waals surface area contributed by atoms with Crippen molar-refractivity contribution in [3.8, 4) is 5.88 Å². The van der Waals surface area contributed by atoms with Crippen molar-refractivity contribution in [3.05, 3.63) is 23.4 Å². The molecular formula is C7H4N5O-. The predicted octanol–water partition coefficient (Wildman–Crippen LogP) is 0.0571. The van der Waals surface area contributed by atoms with E-state index in [1.807, 2.05) is 0 Å². The Bertz CT molecular complexity index is 509. The van der Waals surface area contributed by atoms with Crippen molar-refractivity contribution in [2.24, 2.45) is 0 Å². The minimum absolute atomic E-state index is 0.00185. The summed E-state index contributed by atoms with van der Waals surface area (Å²) in [5.74, 6) is -0.232. The number of aromatic nitrogens is 4. The lowest BCUT2D eigenvalue weighted by Gasteiger charge is -2.10. The van der Waals surface area contributed by atoms with Crippen LogP contribution in [0.15, 0.2) is 6.33 Å². The summed E-state index contributed by atoms with van der Waals surface area (Å²) in [7, 11) is 0. The molecule has 0 saturated carbocycles. The van der Waals surface area contributed by atoms with E-state index in [4.69, 9.17) is 6.57 Å². The summed E-state index contributed by atoms with van der Waals surface area (Å²) in [4.78, 5) is 10.8. The Morgan fingerprint density at radius 3 is 3.08 bits per heavy atom. The third-order valence-electron chi connectivity index (χ3n) is 1.65. The van der Waals surface area contributed by atoms with E-state index in [-0.39, 0.29) is 11.5 Å². The molecule has 64 valence electrons. The van der Waals surface area contributed by atoms with E-state index in [1.165, 1.54) is 6.33 Å². The fraction of sp³-hybridized carbons (Fsp3) is 0.143. The molecule has 0 fully saturated rings. The highest BCUT2D eigenvalue weighted by Crippen LogP contribution is 2.25. The third kappa shape index (κ3) is 0.906. The van der Waals surface area contributed by atoms with Gasteiger partial charge in [0.1, 0.15) is 6.33 Å². The number of nitrogens with zero attached hydrogens (tertiary/aromatic N) is 5. The Kier molecular flexibility index (Phi) is 1.39. The second-order valence-electron chi connectivity index (χ2n) is 2.43. The van der Waals surface area contributed by atoms with Crippen LogP contribution in [-0.2, 0) is 0 Å². The van der Waals surface area contributed by atoms with E-state index in [0.717, 1.165) is 4.52 Å². The lowest BCUT2D eigenvalue weighted by atomic mass is 10.4. The highest BCUT2D eigenvalue weighted by Gasteiger charge is 2.06. The highest BCUT2D eigenvalue weighted by molar-refractivity contribution is 5.58. The molecule has 0 bridgehead atoms. The van der Waals surface area contributed by atoms with Gasteiger partial charge in [0.25, 0.3) is 0 Å². The first-order valence-corrected chi connectivity index (χ1v) is 3.49. The lowest BCUT2D eigenvalue weighted by Crippen LogP contribution is -2.04. The summed E-state index contributed by atoms with van der Waals surface area (Å²) in [5.41, 5.74) is 0.388. The molecule has 0 aliphatic rings. The molecule has 13 heavy (non-hydrogen) atoms. The number of hydrogen-bond donors (Lipinski definition) is 0. The van der Waals surface area contributed by atoms with E-state index >= 15 is 0 Å². The fourth-order valence-electron chi connectivity index (χ4n) is 1.04. The Balaban J connectivity index is 2.95. The van der Waals surface area contributed by atoms with Gasteiger partial charge in [-0.3, -0.25) is 0 Å². The van der Waals surface area contributed by atoms with Gasteiger partial charge in [-0.2, -0.15) is 10.1 Å². The number of hydrogen-bond acceptors (Lipinski definition) is 4. The molecule has 0 aliphatic heterocycles. The molecule has 0 saturated heterocycles. The van der Waals surface area contributed by atoms with E-state index in [2.05, 4.69) is 19.9 Å². The van der Waals surface area contributed by atoms with Gasteiger partial charge in [0, 0.05) is 5.69 Å². The Hall–Kier alpha value is -2.16. The molecule has 0 radical (unpaired) electrons. The molecule has 0 aromatic carbocycles. The van der Waals surface area contributed by atoms with Crippen LogP contribution in [0.5, 0.6) is 5.88 Å². The molecule has 6 heteroatoms. The molecule has 0 spiro atoms. The largest absolute Gasteiger partial charge is 0.867 e. The van der Waals surface area contributed by atoms with Crippen molar-refractivity contribution < 1.29 is 5.11 Å². The Morgan fingerprint density at radius 1 is 1.62 bits per heavy atom. The van der Waals surface area contributed by atoms with E-state index in [1.54, 1.807) is 6.92 Å². The van der Waals surface area contributed by atoms with Crippen LogP contribution in [0.3, 0.4) is 0 Å². The molecule has 0 N–H and O–H groups in total. The summed E-state index contributed by atoms with van der Waals surface area (Å²) in [6.45, 7) is 8.38. The molecule has 0 unspecified atom stereocenters. The third-order valence-corrected chi connectivity index (χ3v) is 1.65. The fourth-order valence-corrected chi connectivity index (χ4v) is 1.04. The molecule has 2 heterocycles. The Labute approximate surface area is 73.3 Å². The summed E-state index contributed by atoms with van der Waals surface area (Å²) >= 11 is 0. The average Bonchev–Trinajstić information content (AvgIpc) is 2.53. The summed E-state index contributed by atoms with van der Waals surface area (Å²) < 4.78 is 1.01. The first-order valence-electron chi connectivity index (χ1n) is 3.49. The van der Waals surface area contributed by atoms with Gasteiger partial charge < -0.3 is 5.11 Å². The summed E-state index contributed by atoms with van der Waals surface area (Å²) in [5, 5.41) is 15.1. The second kappa shape index (κ2) is 2.42. The van der Waals surface area contributed by atoms with Gasteiger partial charge >= 0.3 is 0 Å². The van der Waals surface area contributed by atoms with Crippen LogP contribution in [0, 0.1) is 13.5 Å².